The van der Waals surface area contributed by atoms with E-state index in [2.05, 4.69) is 10.6 Å². The van der Waals surface area contributed by atoms with Crippen LogP contribution in [0.2, 0.25) is 0 Å². The van der Waals surface area contributed by atoms with Crippen molar-refractivity contribution in [3.63, 3.8) is 0 Å². The topological polar surface area (TPSA) is 162 Å². The largest absolute Gasteiger partial charge is 0.480 e. The van der Waals surface area contributed by atoms with Gasteiger partial charge in [0, 0.05) is 0 Å². The highest BCUT2D eigenvalue weighted by atomic mass is 16.4. The lowest BCUT2D eigenvalue weighted by atomic mass is 10.1. The SMILES string of the molecule is CC(NC(=O)C(NC(=O)C(N)CO)C(C)O)C(=O)O. The Morgan fingerprint density at radius 2 is 1.68 bits per heavy atom. The van der Waals surface area contributed by atoms with Gasteiger partial charge >= 0.3 is 5.97 Å². The number of carbonyl (C=O) groups is 3. The van der Waals surface area contributed by atoms with Crippen LogP contribution in [0.4, 0.5) is 0 Å². The lowest BCUT2D eigenvalue weighted by Crippen LogP contribution is -2.58. The molecule has 0 rings (SSSR count). The first-order valence-corrected chi connectivity index (χ1v) is 5.58. The Labute approximate surface area is 109 Å². The van der Waals surface area contributed by atoms with Crippen LogP contribution in [-0.2, 0) is 14.4 Å². The monoisotopic (exact) mass is 277 g/mol. The Kier molecular flexibility index (Phi) is 6.98. The second-order valence-corrected chi connectivity index (χ2v) is 4.08. The predicted octanol–water partition coefficient (Wildman–Crippen LogP) is -3.24. The van der Waals surface area contributed by atoms with Crippen LogP contribution in [0.3, 0.4) is 0 Å². The lowest BCUT2D eigenvalue weighted by Gasteiger charge is -2.23. The maximum atomic E-state index is 11.7. The molecule has 0 aliphatic rings. The van der Waals surface area contributed by atoms with E-state index in [9.17, 15) is 19.5 Å². The number of hydrogen-bond acceptors (Lipinski definition) is 6. The first kappa shape index (κ1) is 17.3. The van der Waals surface area contributed by atoms with Crippen LogP contribution in [0.15, 0.2) is 0 Å². The molecule has 0 fully saturated rings. The molecule has 0 bridgehead atoms. The highest BCUT2D eigenvalue weighted by molar-refractivity contribution is 5.92. The molecular formula is C10H19N3O6. The minimum Gasteiger partial charge on any atom is -0.480 e. The maximum Gasteiger partial charge on any atom is 0.325 e. The number of nitrogens with two attached hydrogens (primary N) is 1. The lowest BCUT2D eigenvalue weighted by molar-refractivity contribution is -0.142. The Morgan fingerprint density at radius 3 is 2.05 bits per heavy atom. The number of aliphatic carboxylic acids is 1. The van der Waals surface area contributed by atoms with Crippen molar-refractivity contribution in [3.05, 3.63) is 0 Å². The first-order valence-electron chi connectivity index (χ1n) is 5.58. The normalized spacial score (nSPS) is 16.9. The van der Waals surface area contributed by atoms with Crippen molar-refractivity contribution in [2.24, 2.45) is 5.73 Å². The molecule has 0 aliphatic heterocycles. The second-order valence-electron chi connectivity index (χ2n) is 4.08. The summed E-state index contributed by atoms with van der Waals surface area (Å²) >= 11 is 0. The minimum absolute atomic E-state index is 0.620. The van der Waals surface area contributed by atoms with Gasteiger partial charge in [-0.2, -0.15) is 0 Å². The minimum atomic E-state index is -1.35. The van der Waals surface area contributed by atoms with Crippen LogP contribution in [0.25, 0.3) is 0 Å². The van der Waals surface area contributed by atoms with E-state index >= 15 is 0 Å². The summed E-state index contributed by atoms with van der Waals surface area (Å²) in [5.74, 6) is -2.94. The Hall–Kier alpha value is -1.71. The van der Waals surface area contributed by atoms with Crippen LogP contribution in [0.1, 0.15) is 13.8 Å². The van der Waals surface area contributed by atoms with E-state index in [1.165, 1.54) is 13.8 Å². The number of aliphatic hydroxyl groups is 2. The third kappa shape index (κ3) is 5.64. The number of amides is 2. The van der Waals surface area contributed by atoms with Gasteiger partial charge in [-0.15, -0.1) is 0 Å². The second kappa shape index (κ2) is 7.67. The van der Waals surface area contributed by atoms with E-state index in [0.29, 0.717) is 0 Å². The molecule has 2 amide bonds. The molecule has 0 aromatic carbocycles. The van der Waals surface area contributed by atoms with Crippen molar-refractivity contribution in [3.8, 4) is 0 Å². The summed E-state index contributed by atoms with van der Waals surface area (Å²) in [6.45, 7) is 1.87. The molecule has 0 spiro atoms. The molecule has 0 radical (unpaired) electrons. The van der Waals surface area contributed by atoms with Gasteiger partial charge in [0.25, 0.3) is 0 Å². The maximum absolute atomic E-state index is 11.7. The van der Waals surface area contributed by atoms with Crippen molar-refractivity contribution in [1.29, 1.82) is 0 Å². The molecule has 19 heavy (non-hydrogen) atoms. The van der Waals surface area contributed by atoms with Crippen LogP contribution in [0, 0.1) is 0 Å². The summed E-state index contributed by atoms with van der Waals surface area (Å²) in [5.41, 5.74) is 5.25. The van der Waals surface area contributed by atoms with E-state index in [1.807, 2.05) is 0 Å². The van der Waals surface area contributed by atoms with Gasteiger partial charge in [0.2, 0.25) is 11.8 Å². The smallest absolute Gasteiger partial charge is 0.325 e. The van der Waals surface area contributed by atoms with Gasteiger partial charge in [0.05, 0.1) is 12.7 Å². The van der Waals surface area contributed by atoms with E-state index < -0.39 is 48.6 Å². The van der Waals surface area contributed by atoms with Gasteiger partial charge in [0.1, 0.15) is 18.1 Å². The summed E-state index contributed by atoms with van der Waals surface area (Å²) in [7, 11) is 0. The fraction of sp³-hybridized carbons (Fsp3) is 0.700. The average molecular weight is 277 g/mol. The zero-order valence-corrected chi connectivity index (χ0v) is 10.7. The number of carbonyl (C=O) groups excluding carboxylic acids is 2. The van der Waals surface area contributed by atoms with Gasteiger partial charge in [-0.1, -0.05) is 0 Å². The van der Waals surface area contributed by atoms with Crippen molar-refractivity contribution >= 4 is 17.8 Å². The Morgan fingerprint density at radius 1 is 1.16 bits per heavy atom. The van der Waals surface area contributed by atoms with Gasteiger partial charge < -0.3 is 31.7 Å². The molecule has 0 heterocycles. The fourth-order valence-electron chi connectivity index (χ4n) is 1.11. The molecule has 0 saturated carbocycles. The van der Waals surface area contributed by atoms with Crippen molar-refractivity contribution in [2.45, 2.75) is 38.1 Å². The molecular weight excluding hydrogens is 258 g/mol. The number of hydrogen-bond donors (Lipinski definition) is 6. The molecule has 7 N–H and O–H groups in total. The van der Waals surface area contributed by atoms with E-state index in [0.717, 1.165) is 0 Å². The van der Waals surface area contributed by atoms with Gasteiger partial charge in [-0.3, -0.25) is 14.4 Å². The third-order valence-electron chi connectivity index (χ3n) is 2.33. The average Bonchev–Trinajstić information content (AvgIpc) is 2.33. The number of nitrogens with one attached hydrogen (secondary N) is 2. The molecule has 0 aromatic rings. The van der Waals surface area contributed by atoms with Crippen LogP contribution >= 0.6 is 0 Å². The summed E-state index contributed by atoms with van der Waals surface area (Å²) in [6.07, 6.45) is -1.25. The number of aliphatic hydroxyl groups excluding tert-OH is 2. The summed E-state index contributed by atoms with van der Waals surface area (Å²) in [5, 5.41) is 31.0. The number of carboxylic acid groups (broad SMARTS) is 1. The molecule has 4 unspecified atom stereocenters. The molecule has 0 saturated heterocycles. The van der Waals surface area contributed by atoms with Crippen molar-refractivity contribution in [1.82, 2.24) is 10.6 Å². The number of rotatable bonds is 7. The van der Waals surface area contributed by atoms with E-state index in [4.69, 9.17) is 15.9 Å². The highest BCUT2D eigenvalue weighted by Gasteiger charge is 2.29. The summed E-state index contributed by atoms with van der Waals surface area (Å²) < 4.78 is 0. The Bertz CT molecular complexity index is 346. The quantitative estimate of drug-likeness (QED) is 0.285. The van der Waals surface area contributed by atoms with Crippen molar-refractivity contribution in [2.75, 3.05) is 6.61 Å². The molecule has 0 aliphatic carbocycles. The molecule has 110 valence electrons. The summed E-state index contributed by atoms with van der Waals surface area (Å²) in [6, 6.07) is -3.75. The van der Waals surface area contributed by atoms with E-state index in [-0.39, 0.29) is 0 Å². The van der Waals surface area contributed by atoms with Gasteiger partial charge in [-0.05, 0) is 13.8 Å². The zero-order chi connectivity index (χ0) is 15.2. The molecule has 0 aromatic heterocycles. The van der Waals surface area contributed by atoms with Gasteiger partial charge in [0.15, 0.2) is 0 Å². The number of carboxylic acids is 1. The third-order valence-corrected chi connectivity index (χ3v) is 2.33. The van der Waals surface area contributed by atoms with Crippen LogP contribution in [-0.4, -0.2) is 63.9 Å². The predicted molar refractivity (Wildman–Crippen MR) is 63.9 cm³/mol. The first-order chi connectivity index (χ1) is 8.70. The molecule has 4 atom stereocenters. The standard InChI is InChI=1S/C10H19N3O6/c1-4(10(18)19)12-9(17)7(5(2)15)13-8(16)6(11)3-14/h4-7,14-15H,3,11H2,1-2H3,(H,12,17)(H,13,16)(H,18,19). The van der Waals surface area contributed by atoms with Gasteiger partial charge in [-0.25, -0.2) is 0 Å². The van der Waals surface area contributed by atoms with E-state index in [1.54, 1.807) is 0 Å². The zero-order valence-electron chi connectivity index (χ0n) is 10.7. The van der Waals surface area contributed by atoms with Crippen molar-refractivity contribution < 1.29 is 29.7 Å². The van der Waals surface area contributed by atoms with Crippen LogP contribution < -0.4 is 16.4 Å². The summed E-state index contributed by atoms with van der Waals surface area (Å²) in [4.78, 5) is 33.7. The fourth-order valence-corrected chi connectivity index (χ4v) is 1.11. The molecule has 9 nitrogen and oxygen atoms in total. The molecule has 9 heteroatoms. The highest BCUT2D eigenvalue weighted by Crippen LogP contribution is 1.96. The Balaban J connectivity index is 4.69. The van der Waals surface area contributed by atoms with Crippen LogP contribution in [0.5, 0.6) is 0 Å².